The first-order chi connectivity index (χ1) is 16.7. The molecule has 0 aliphatic heterocycles. The van der Waals surface area contributed by atoms with E-state index in [0.29, 0.717) is 23.5 Å². The van der Waals surface area contributed by atoms with Gasteiger partial charge in [-0.25, -0.2) is 8.42 Å². The van der Waals surface area contributed by atoms with Crippen LogP contribution in [0, 0.1) is 13.8 Å². The summed E-state index contributed by atoms with van der Waals surface area (Å²) in [6, 6.07) is 20.1. The minimum Gasteiger partial charge on any atom is -0.352 e. The largest absolute Gasteiger partial charge is 0.352 e. The maximum atomic E-state index is 13.5. The summed E-state index contributed by atoms with van der Waals surface area (Å²) < 4.78 is 28.2. The van der Waals surface area contributed by atoms with Gasteiger partial charge >= 0.3 is 0 Å². The Labute approximate surface area is 207 Å². The van der Waals surface area contributed by atoms with Crippen molar-refractivity contribution in [1.29, 1.82) is 0 Å². The lowest BCUT2D eigenvalue weighted by atomic mass is 10.1. The predicted octanol–water partition coefficient (Wildman–Crippen LogP) is 4.67. The van der Waals surface area contributed by atoms with E-state index in [9.17, 15) is 18.0 Å². The van der Waals surface area contributed by atoms with Gasteiger partial charge in [0.05, 0.1) is 21.8 Å². The molecule has 0 fully saturated rings. The van der Waals surface area contributed by atoms with Crippen molar-refractivity contribution in [3.8, 4) is 0 Å². The molecule has 8 heteroatoms. The minimum absolute atomic E-state index is 0.0858. The van der Waals surface area contributed by atoms with Crippen molar-refractivity contribution in [3.63, 3.8) is 0 Å². The third kappa shape index (κ3) is 6.70. The van der Waals surface area contributed by atoms with Crippen LogP contribution in [0.15, 0.2) is 77.7 Å². The Bertz CT molecular complexity index is 1270. The van der Waals surface area contributed by atoms with Crippen LogP contribution in [0.1, 0.15) is 41.3 Å². The number of nitrogens with one attached hydrogen (secondary N) is 2. The Morgan fingerprint density at radius 2 is 1.51 bits per heavy atom. The van der Waals surface area contributed by atoms with Gasteiger partial charge in [0, 0.05) is 6.54 Å². The molecule has 0 aliphatic carbocycles. The molecule has 0 saturated carbocycles. The highest BCUT2D eigenvalue weighted by atomic mass is 32.2. The number of hydrogen-bond donors (Lipinski definition) is 2. The Morgan fingerprint density at radius 3 is 2.17 bits per heavy atom. The Hall–Kier alpha value is -3.65. The van der Waals surface area contributed by atoms with E-state index in [1.54, 1.807) is 54.6 Å². The molecule has 0 atom stereocenters. The predicted molar refractivity (Wildman–Crippen MR) is 139 cm³/mol. The summed E-state index contributed by atoms with van der Waals surface area (Å²) in [5.41, 5.74) is 2.79. The van der Waals surface area contributed by atoms with Crippen LogP contribution in [0.2, 0.25) is 0 Å². The van der Waals surface area contributed by atoms with Crippen molar-refractivity contribution in [2.45, 2.75) is 38.5 Å². The topological polar surface area (TPSA) is 95.6 Å². The van der Waals surface area contributed by atoms with Crippen molar-refractivity contribution in [2.24, 2.45) is 0 Å². The van der Waals surface area contributed by atoms with E-state index in [1.165, 1.54) is 12.1 Å². The van der Waals surface area contributed by atoms with Crippen LogP contribution >= 0.6 is 0 Å². The summed E-state index contributed by atoms with van der Waals surface area (Å²) in [5, 5.41) is 5.57. The van der Waals surface area contributed by atoms with Crippen LogP contribution in [-0.4, -0.2) is 33.3 Å². The quantitative estimate of drug-likeness (QED) is 0.401. The Balaban J connectivity index is 1.91. The first-order valence-corrected chi connectivity index (χ1v) is 13.0. The van der Waals surface area contributed by atoms with Gasteiger partial charge in [0.1, 0.15) is 6.54 Å². The number of benzene rings is 3. The molecule has 2 N–H and O–H groups in total. The fourth-order valence-electron chi connectivity index (χ4n) is 3.71. The summed E-state index contributed by atoms with van der Waals surface area (Å²) in [5.74, 6) is -0.852. The van der Waals surface area contributed by atoms with Gasteiger partial charge in [0.2, 0.25) is 5.91 Å². The SMILES string of the molecule is CCCCNC(=O)c1ccccc1NC(=O)CN(c1cc(C)cc(C)c1)S(=O)(=O)c1ccccc1. The molecule has 0 aromatic heterocycles. The molecule has 0 bridgehead atoms. The number of sulfonamides is 1. The summed E-state index contributed by atoms with van der Waals surface area (Å²) in [4.78, 5) is 25.8. The average Bonchev–Trinajstić information content (AvgIpc) is 2.83. The lowest BCUT2D eigenvalue weighted by molar-refractivity contribution is -0.114. The average molecular weight is 494 g/mol. The summed E-state index contributed by atoms with van der Waals surface area (Å²) >= 11 is 0. The normalized spacial score (nSPS) is 11.1. The standard InChI is InChI=1S/C27H31N3O4S/c1-4-5-15-28-27(32)24-13-9-10-14-25(24)29-26(31)19-30(22-17-20(2)16-21(3)18-22)35(33,34)23-11-7-6-8-12-23/h6-14,16-18H,4-5,15,19H2,1-3H3,(H,28,32)(H,29,31). The lowest BCUT2D eigenvalue weighted by Gasteiger charge is -2.25. The number of hydrogen-bond acceptors (Lipinski definition) is 4. The highest BCUT2D eigenvalue weighted by molar-refractivity contribution is 7.92. The third-order valence-corrected chi connectivity index (χ3v) is 7.16. The van der Waals surface area contributed by atoms with Gasteiger partial charge in [-0.05, 0) is 67.8 Å². The molecule has 0 spiro atoms. The van der Waals surface area contributed by atoms with E-state index >= 15 is 0 Å². The molecule has 7 nitrogen and oxygen atoms in total. The molecule has 3 aromatic carbocycles. The highest BCUT2D eigenvalue weighted by Gasteiger charge is 2.28. The van der Waals surface area contributed by atoms with E-state index in [1.807, 2.05) is 26.8 Å². The first kappa shape index (κ1) is 26.0. The molecule has 184 valence electrons. The van der Waals surface area contributed by atoms with E-state index < -0.39 is 22.5 Å². The number of amides is 2. The number of aryl methyl sites for hydroxylation is 2. The molecular formula is C27H31N3O4S. The van der Waals surface area contributed by atoms with Gasteiger partial charge in [-0.2, -0.15) is 0 Å². The molecule has 2 amide bonds. The fraction of sp³-hybridized carbons (Fsp3) is 0.259. The van der Waals surface area contributed by atoms with Gasteiger partial charge in [0.15, 0.2) is 0 Å². The van der Waals surface area contributed by atoms with Crippen LogP contribution in [-0.2, 0) is 14.8 Å². The highest BCUT2D eigenvalue weighted by Crippen LogP contribution is 2.26. The number of carbonyl (C=O) groups excluding carboxylic acids is 2. The van der Waals surface area contributed by atoms with E-state index in [-0.39, 0.29) is 10.8 Å². The third-order valence-electron chi connectivity index (χ3n) is 5.37. The number of para-hydroxylation sites is 1. The Morgan fingerprint density at radius 1 is 0.886 bits per heavy atom. The van der Waals surface area contributed by atoms with Gasteiger partial charge < -0.3 is 10.6 Å². The molecular weight excluding hydrogens is 462 g/mol. The maximum Gasteiger partial charge on any atom is 0.264 e. The van der Waals surface area contributed by atoms with Crippen LogP contribution in [0.25, 0.3) is 0 Å². The second kappa shape index (κ2) is 11.7. The van der Waals surface area contributed by atoms with Gasteiger partial charge in [0.25, 0.3) is 15.9 Å². The monoisotopic (exact) mass is 493 g/mol. The number of anilines is 2. The van der Waals surface area contributed by atoms with Crippen molar-refractivity contribution in [3.05, 3.63) is 89.5 Å². The first-order valence-electron chi connectivity index (χ1n) is 11.6. The number of nitrogens with zero attached hydrogens (tertiary/aromatic N) is 1. The van der Waals surface area contributed by atoms with Crippen LogP contribution in [0.5, 0.6) is 0 Å². The van der Waals surface area contributed by atoms with Gasteiger partial charge in [-0.1, -0.05) is 49.7 Å². The molecule has 35 heavy (non-hydrogen) atoms. The van der Waals surface area contributed by atoms with Crippen molar-refractivity contribution >= 4 is 33.2 Å². The summed E-state index contributed by atoms with van der Waals surface area (Å²) in [7, 11) is -4.02. The summed E-state index contributed by atoms with van der Waals surface area (Å²) in [6.45, 7) is 5.86. The molecule has 0 radical (unpaired) electrons. The van der Waals surface area contributed by atoms with E-state index in [2.05, 4.69) is 10.6 Å². The molecule has 0 saturated heterocycles. The van der Waals surface area contributed by atoms with Gasteiger partial charge in [-0.3, -0.25) is 13.9 Å². The van der Waals surface area contributed by atoms with Crippen molar-refractivity contribution < 1.29 is 18.0 Å². The van der Waals surface area contributed by atoms with Crippen LogP contribution in [0.4, 0.5) is 11.4 Å². The minimum atomic E-state index is -4.02. The van der Waals surface area contributed by atoms with Crippen molar-refractivity contribution in [1.82, 2.24) is 5.32 Å². The maximum absolute atomic E-state index is 13.5. The number of rotatable bonds is 10. The van der Waals surface area contributed by atoms with E-state index in [4.69, 9.17) is 0 Å². The molecule has 3 rings (SSSR count). The zero-order valence-corrected chi connectivity index (χ0v) is 21.1. The van der Waals surface area contributed by atoms with Crippen LogP contribution < -0.4 is 14.9 Å². The van der Waals surface area contributed by atoms with Crippen molar-refractivity contribution in [2.75, 3.05) is 22.7 Å². The fourth-order valence-corrected chi connectivity index (χ4v) is 5.14. The smallest absolute Gasteiger partial charge is 0.264 e. The number of unbranched alkanes of at least 4 members (excludes halogenated alkanes) is 1. The second-order valence-corrected chi connectivity index (χ2v) is 10.2. The zero-order chi connectivity index (χ0) is 25.4. The van der Waals surface area contributed by atoms with E-state index in [0.717, 1.165) is 28.3 Å². The van der Waals surface area contributed by atoms with Gasteiger partial charge in [-0.15, -0.1) is 0 Å². The molecule has 3 aromatic rings. The van der Waals surface area contributed by atoms with Crippen LogP contribution in [0.3, 0.4) is 0 Å². The second-order valence-electron chi connectivity index (χ2n) is 8.37. The zero-order valence-electron chi connectivity index (χ0n) is 20.2. The molecule has 0 heterocycles. The molecule has 0 unspecified atom stereocenters. The summed E-state index contributed by atoms with van der Waals surface area (Å²) in [6.07, 6.45) is 1.80. The Kier molecular flexibility index (Phi) is 8.65. The lowest BCUT2D eigenvalue weighted by Crippen LogP contribution is -2.38. The molecule has 0 aliphatic rings. The number of carbonyl (C=O) groups is 2.